The number of aromatic hydroxyl groups is 4. The molecule has 17 bridgehead atoms. The van der Waals surface area contributed by atoms with Gasteiger partial charge in [0.25, 0.3) is 0 Å². The molecule has 123 heavy (non-hydrogen) atoms. The number of nitrogens with two attached hydrogens (primary N) is 1. The van der Waals surface area contributed by atoms with Crippen LogP contribution in [0.1, 0.15) is 128 Å². The second-order valence-electron chi connectivity index (χ2n) is 31.7. The molecule has 656 valence electrons. The number of aliphatic hydroxyl groups excluding tert-OH is 7. The Morgan fingerprint density at radius 3 is 1.72 bits per heavy atom. The van der Waals surface area contributed by atoms with E-state index in [0.29, 0.717) is 31.7 Å². The van der Waals surface area contributed by atoms with E-state index in [4.69, 9.17) is 62.1 Å². The third-order valence-electron chi connectivity index (χ3n) is 21.9. The molecule has 2 saturated heterocycles. The minimum Gasteiger partial charge on any atom is -0.508 e. The SMILES string of the molecule is CC(C)CCCCCCC(=O)N[C@H]1[C@H](Oc2c3cc4cc2Oc2ccc(cc2Cl)C[C@H]2NC(=O)[C@@H](N)c5ccc(O)c(c5)Oc5cc(O)cc(c5)[C@H](NC2=O)C(=O)N[C@H]4C(=O)N[C@H]2C(=O)N[C@@H](Cc4ccc(c(Cl)c4)O3)C(=O)N[C@H](C(=O)NCCCN(C)C)c3cc(O)cc(O[C@H]4O[C@H](CO)[C@@H](O)[C@H](O)[C@@H]4O)c3-c3cc2ccc3O)O[C@H](CO)[C@@H](O)[C@@H]1O. The number of nitrogens with zero attached hydrogens (tertiary/aromatic N) is 1. The lowest BCUT2D eigenvalue weighted by molar-refractivity contribution is -0.277. The number of carbonyl (C=O) groups is 8. The molecule has 8 amide bonds. The highest BCUT2D eigenvalue weighted by molar-refractivity contribution is 6.32. The van der Waals surface area contributed by atoms with Crippen molar-refractivity contribution in [3.8, 4) is 80.1 Å². The van der Waals surface area contributed by atoms with Crippen LogP contribution >= 0.6 is 23.2 Å². The number of halogens is 2. The van der Waals surface area contributed by atoms with Crippen molar-refractivity contribution in [3.05, 3.63) is 164 Å². The van der Waals surface area contributed by atoms with Gasteiger partial charge in [-0.1, -0.05) is 87.0 Å². The Morgan fingerprint density at radius 1 is 0.537 bits per heavy atom. The highest BCUT2D eigenvalue weighted by Crippen LogP contribution is 2.50. The molecule has 0 unspecified atom stereocenters. The number of phenols is 4. The van der Waals surface area contributed by atoms with Crippen LogP contribution in [-0.4, -0.2) is 222 Å². The normalized spacial score (nSPS) is 25.8. The summed E-state index contributed by atoms with van der Waals surface area (Å²) in [6.07, 6.45) is -14.1. The first-order chi connectivity index (χ1) is 58.7. The van der Waals surface area contributed by atoms with Crippen molar-refractivity contribution in [3.63, 3.8) is 0 Å². The molecular weight excluding hydrogens is 1650 g/mol. The van der Waals surface area contributed by atoms with Gasteiger partial charge in [0.1, 0.15) is 131 Å². The Morgan fingerprint density at radius 2 is 1.09 bits per heavy atom. The molecule has 8 aliphatic heterocycles. The summed E-state index contributed by atoms with van der Waals surface area (Å²) in [6, 6.07) is 7.32. The highest BCUT2D eigenvalue weighted by Gasteiger charge is 2.49. The molecule has 0 radical (unpaired) electrons. The number of benzene rings is 7. The summed E-state index contributed by atoms with van der Waals surface area (Å²) in [4.78, 5) is 126. The zero-order valence-electron chi connectivity index (χ0n) is 66.9. The molecule has 15 rings (SSSR count). The van der Waals surface area contributed by atoms with Crippen molar-refractivity contribution < 1.29 is 128 Å². The molecule has 0 aliphatic carbocycles. The van der Waals surface area contributed by atoms with Crippen LogP contribution < -0.4 is 72.0 Å². The van der Waals surface area contributed by atoms with E-state index in [1.807, 2.05) is 4.90 Å². The van der Waals surface area contributed by atoms with E-state index < -0.39 is 240 Å². The summed E-state index contributed by atoms with van der Waals surface area (Å²) in [5.41, 5.74) is 4.82. The second-order valence-corrected chi connectivity index (χ2v) is 32.5. The molecule has 17 atom stereocenters. The fourth-order valence-electron chi connectivity index (χ4n) is 15.3. The predicted octanol–water partition coefficient (Wildman–Crippen LogP) is 3.54. The summed E-state index contributed by atoms with van der Waals surface area (Å²) in [7, 11) is 3.58. The van der Waals surface area contributed by atoms with Crippen LogP contribution in [0.4, 0.5) is 0 Å². The van der Waals surface area contributed by atoms with E-state index in [1.165, 1.54) is 60.7 Å². The van der Waals surface area contributed by atoms with Gasteiger partial charge >= 0.3 is 0 Å². The molecule has 7 aromatic carbocycles. The first-order valence-corrected chi connectivity index (χ1v) is 40.7. The highest BCUT2D eigenvalue weighted by atomic mass is 35.5. The number of amides is 8. The zero-order chi connectivity index (χ0) is 88.1. The minimum absolute atomic E-state index is 0.0300. The molecule has 8 aliphatic rings. The number of fused-ring (bicyclic) bond motifs is 14. The monoisotopic (exact) mass is 1740 g/mol. The molecule has 0 aromatic heterocycles. The lowest BCUT2D eigenvalue weighted by Crippen LogP contribution is -2.65. The van der Waals surface area contributed by atoms with Gasteiger partial charge in [0, 0.05) is 49.1 Å². The maximum Gasteiger partial charge on any atom is 0.248 e. The van der Waals surface area contributed by atoms with Crippen molar-refractivity contribution in [2.75, 3.05) is 40.4 Å². The Bertz CT molecular complexity index is 5160. The number of rotatable bonds is 19. The van der Waals surface area contributed by atoms with Crippen LogP contribution in [0, 0.1) is 5.92 Å². The van der Waals surface area contributed by atoms with Gasteiger partial charge < -0.3 is 142 Å². The second kappa shape index (κ2) is 38.6. The van der Waals surface area contributed by atoms with Crippen molar-refractivity contribution in [2.45, 2.75) is 175 Å². The van der Waals surface area contributed by atoms with Gasteiger partial charge in [-0.2, -0.15) is 0 Å². The van der Waals surface area contributed by atoms with Gasteiger partial charge in [0.2, 0.25) is 65.6 Å². The predicted molar refractivity (Wildman–Crippen MR) is 436 cm³/mol. The number of hydrogen-bond donors (Lipinski definition) is 20. The summed E-state index contributed by atoms with van der Waals surface area (Å²) in [6.45, 7) is 2.74. The number of ether oxygens (including phenoxy) is 7. The molecule has 21 N–H and O–H groups in total. The van der Waals surface area contributed by atoms with Gasteiger partial charge in [0.15, 0.2) is 23.0 Å². The van der Waals surface area contributed by atoms with E-state index in [-0.39, 0.29) is 79.4 Å². The average Bonchev–Trinajstić information content (AvgIpc) is 0.762. The van der Waals surface area contributed by atoms with Crippen molar-refractivity contribution in [2.24, 2.45) is 11.7 Å². The molecule has 38 heteroatoms. The summed E-state index contributed by atoms with van der Waals surface area (Å²) in [5, 5.41) is 146. The van der Waals surface area contributed by atoms with Crippen molar-refractivity contribution >= 4 is 70.5 Å². The van der Waals surface area contributed by atoms with Crippen LogP contribution in [0.3, 0.4) is 0 Å². The maximum absolute atomic E-state index is 16.8. The molecule has 7 aromatic rings. The lowest BCUT2D eigenvalue weighted by Gasteiger charge is -2.42. The average molecular weight is 1740 g/mol. The third kappa shape index (κ3) is 20.5. The number of nitrogens with one attached hydrogen (secondary N) is 8. The summed E-state index contributed by atoms with van der Waals surface area (Å²) < 4.78 is 44.9. The quantitative estimate of drug-likeness (QED) is 0.0515. The van der Waals surface area contributed by atoms with Gasteiger partial charge in [-0.25, -0.2) is 0 Å². The van der Waals surface area contributed by atoms with E-state index in [1.54, 1.807) is 14.1 Å². The van der Waals surface area contributed by atoms with Crippen LogP contribution in [0.15, 0.2) is 115 Å². The van der Waals surface area contributed by atoms with E-state index in [9.17, 15) is 65.8 Å². The molecule has 0 saturated carbocycles. The van der Waals surface area contributed by atoms with Crippen molar-refractivity contribution in [1.82, 2.24) is 47.4 Å². The number of aliphatic hydroxyl groups is 7. The van der Waals surface area contributed by atoms with Gasteiger partial charge in [-0.15, -0.1) is 0 Å². The third-order valence-corrected chi connectivity index (χ3v) is 22.4. The first kappa shape index (κ1) is 89.4. The van der Waals surface area contributed by atoms with Gasteiger partial charge in [-0.3, -0.25) is 38.4 Å². The van der Waals surface area contributed by atoms with Crippen molar-refractivity contribution in [1.29, 1.82) is 0 Å². The number of unbranched alkanes of at least 4 members (excludes halogenated alkanes) is 3. The van der Waals surface area contributed by atoms with E-state index in [0.717, 1.165) is 73.9 Å². The van der Waals surface area contributed by atoms with Gasteiger partial charge in [-0.05, 0) is 157 Å². The minimum atomic E-state index is -2.35. The topological polar surface area (TPSA) is 549 Å². The van der Waals surface area contributed by atoms with E-state index in [2.05, 4.69) is 56.4 Å². The Kier molecular flexibility index (Phi) is 28.0. The number of phenolic OH excluding ortho intramolecular Hbond substituents is 4. The molecular formula is C85H96Cl2N10O26. The van der Waals surface area contributed by atoms with E-state index >= 15 is 28.8 Å². The fourth-order valence-corrected chi connectivity index (χ4v) is 15.8. The molecule has 36 nitrogen and oxygen atoms in total. The smallest absolute Gasteiger partial charge is 0.248 e. The Balaban J connectivity index is 1.04. The van der Waals surface area contributed by atoms with Crippen LogP contribution in [0.25, 0.3) is 11.1 Å². The Labute approximate surface area is 713 Å². The molecule has 2 fully saturated rings. The number of hydrogen-bond acceptors (Lipinski definition) is 28. The summed E-state index contributed by atoms with van der Waals surface area (Å²) in [5.74, 6) is -14.2. The lowest BCUT2D eigenvalue weighted by atomic mass is 9.89. The first-order valence-electron chi connectivity index (χ1n) is 39.9. The molecule has 8 heterocycles. The fraction of sp³-hybridized carbons (Fsp3) is 0.412. The largest absolute Gasteiger partial charge is 0.508 e. The number of carbonyl (C=O) groups excluding carboxylic acids is 8. The zero-order valence-corrected chi connectivity index (χ0v) is 68.4. The van der Waals surface area contributed by atoms with Gasteiger partial charge in [0.05, 0.1) is 23.3 Å². The van der Waals surface area contributed by atoms with Crippen LogP contribution in [-0.2, 0) is 60.7 Å². The standard InChI is InChI=1S/C85H96Cl2N10O26/c1-37(2)10-7-5-6-8-11-63(104)92-70-73(107)71(105)61(35-98)121-84(70)123-76-59-30-43-31-60(76)119-56-19-13-39(23-50(56)87)25-52-78(111)96-69(80(113)89-20-9-21-97(3)4)48-33-45(101)34-58(120-85-75(109)74(108)72(106)62(36-99)122-85)64(48)47-28-41(15-16-53(47)102)66(81(114)91-52)94-83(116)68(43)95-82(115)67-42-26-44(100)32-46(27-42)117-57-29-40(14-17-54(57)103)65(88)79(112)90-51(77(110)93-67)24-38-12-18-55(118-59)49(86)22-38/h12-19,22-23,26-34,37,51-52,61-62,65-75,84-85,98-103,105-109H,5-11,20-21,24-25,35-36,88H2,1-4H3,(H,89,113)(H,90,112)(H,91,114)(H,92,104)(H,93,110)(H,94,116)(H,95,115)(H,96,111)/t51-,52+,61-,62-,65+,66-,67+,68-,69+,70-,71-,72-,73-,74+,75+,84+,85+/m1/s1. The molecule has 0 spiro atoms. The van der Waals surface area contributed by atoms with Crippen LogP contribution in [0.5, 0.6) is 69.0 Å². The Hall–Kier alpha value is -11.4. The maximum atomic E-state index is 16.8. The van der Waals surface area contributed by atoms with Crippen LogP contribution in [0.2, 0.25) is 10.0 Å². The summed E-state index contributed by atoms with van der Waals surface area (Å²) >= 11 is 14.6.